The molecule has 0 spiro atoms. The highest BCUT2D eigenvalue weighted by Gasteiger charge is 2.21. The molecule has 1 atom stereocenters. The average molecular weight is 327 g/mol. The largest absolute Gasteiger partial charge is 0.768 e. The Kier molecular flexibility index (Phi) is 4.01. The molecule has 2 rings (SSSR count). The molecular formula is C12H11N2O5S2-. The zero-order valence-electron chi connectivity index (χ0n) is 10.5. The van der Waals surface area contributed by atoms with Crippen molar-refractivity contribution in [2.45, 2.75) is 9.79 Å². The molecule has 0 aromatic heterocycles. The van der Waals surface area contributed by atoms with Crippen molar-refractivity contribution < 1.29 is 21.7 Å². The first-order valence-corrected chi connectivity index (χ1v) is 8.08. The van der Waals surface area contributed by atoms with E-state index in [1.807, 2.05) is 0 Å². The Balaban J connectivity index is 2.90. The molecule has 112 valence electrons. The fourth-order valence-electron chi connectivity index (χ4n) is 1.88. The molecule has 0 bridgehead atoms. The van der Waals surface area contributed by atoms with Gasteiger partial charge in [0.05, 0.1) is 0 Å². The van der Waals surface area contributed by atoms with Gasteiger partial charge in [-0.05, 0) is 40.9 Å². The smallest absolute Gasteiger partial charge is 0.295 e. The van der Waals surface area contributed by atoms with Crippen molar-refractivity contribution in [2.24, 2.45) is 0 Å². The molecule has 7 nitrogen and oxygen atoms in total. The van der Waals surface area contributed by atoms with Gasteiger partial charge in [0.25, 0.3) is 10.1 Å². The lowest BCUT2D eigenvalue weighted by molar-refractivity contribution is 0.483. The molecule has 2 aromatic carbocycles. The van der Waals surface area contributed by atoms with E-state index >= 15 is 0 Å². The molecule has 0 amide bonds. The van der Waals surface area contributed by atoms with Gasteiger partial charge in [0.2, 0.25) is 0 Å². The van der Waals surface area contributed by atoms with Crippen LogP contribution >= 0.6 is 0 Å². The molecule has 0 aliphatic rings. The molecule has 2 aromatic rings. The zero-order valence-corrected chi connectivity index (χ0v) is 12.1. The molecule has 1 unspecified atom stereocenters. The van der Waals surface area contributed by atoms with Crippen LogP contribution in [-0.2, 0) is 21.2 Å². The standard InChI is InChI=1S/C12H12N2O5S2/c13-8-3-1-7(2-4-8)12-10(20(15)16)5-9(14)6-11(12)21(17,18)19/h1-6H,13-14H2,(H,15,16)(H,17,18,19)/p-1. The number of nitrogens with two attached hydrogens (primary N) is 2. The molecule has 0 fully saturated rings. The third kappa shape index (κ3) is 3.22. The third-order valence-electron chi connectivity index (χ3n) is 2.75. The van der Waals surface area contributed by atoms with Gasteiger partial charge in [-0.15, -0.1) is 0 Å². The van der Waals surface area contributed by atoms with E-state index in [1.54, 1.807) is 0 Å². The number of nitrogen functional groups attached to an aromatic ring is 2. The summed E-state index contributed by atoms with van der Waals surface area (Å²) in [5.41, 5.74) is 11.5. The van der Waals surface area contributed by atoms with Crippen LogP contribution in [0.1, 0.15) is 0 Å². The summed E-state index contributed by atoms with van der Waals surface area (Å²) >= 11 is -2.74. The van der Waals surface area contributed by atoms with E-state index in [1.165, 1.54) is 24.3 Å². The Bertz CT molecular complexity index is 816. The van der Waals surface area contributed by atoms with E-state index in [9.17, 15) is 21.7 Å². The second kappa shape index (κ2) is 5.45. The monoisotopic (exact) mass is 327 g/mol. The topological polar surface area (TPSA) is 147 Å². The molecule has 0 aliphatic carbocycles. The Morgan fingerprint density at radius 2 is 1.62 bits per heavy atom. The number of rotatable bonds is 3. The SMILES string of the molecule is Nc1ccc(-c2c(S(=O)[O-])cc(N)cc2S(=O)(=O)O)cc1. The summed E-state index contributed by atoms with van der Waals surface area (Å²) in [6, 6.07) is 7.98. The summed E-state index contributed by atoms with van der Waals surface area (Å²) in [5, 5.41) is 0. The summed E-state index contributed by atoms with van der Waals surface area (Å²) in [5.74, 6) is 0. The summed E-state index contributed by atoms with van der Waals surface area (Å²) in [7, 11) is -4.65. The maximum atomic E-state index is 11.5. The second-order valence-corrected chi connectivity index (χ2v) is 6.52. The van der Waals surface area contributed by atoms with Gasteiger partial charge >= 0.3 is 0 Å². The lowest BCUT2D eigenvalue weighted by Crippen LogP contribution is -2.06. The van der Waals surface area contributed by atoms with Gasteiger partial charge in [-0.1, -0.05) is 12.1 Å². The lowest BCUT2D eigenvalue weighted by atomic mass is 10.0. The minimum Gasteiger partial charge on any atom is -0.768 e. The van der Waals surface area contributed by atoms with E-state index in [0.717, 1.165) is 12.1 Å². The maximum Gasteiger partial charge on any atom is 0.295 e. The Hall–Kier alpha value is -1.94. The molecule has 5 N–H and O–H groups in total. The predicted molar refractivity (Wildman–Crippen MR) is 77.7 cm³/mol. The molecule has 21 heavy (non-hydrogen) atoms. The first-order chi connectivity index (χ1) is 9.70. The molecule has 9 heteroatoms. The maximum absolute atomic E-state index is 11.5. The fourth-order valence-corrected chi connectivity index (χ4v) is 3.34. The van der Waals surface area contributed by atoms with Crippen LogP contribution in [0.2, 0.25) is 0 Å². The van der Waals surface area contributed by atoms with E-state index in [4.69, 9.17) is 11.5 Å². The van der Waals surface area contributed by atoms with Crippen molar-refractivity contribution in [3.63, 3.8) is 0 Å². The van der Waals surface area contributed by atoms with Gasteiger partial charge in [-0.3, -0.25) is 8.76 Å². The average Bonchev–Trinajstić information content (AvgIpc) is 2.38. The fraction of sp³-hybridized carbons (Fsp3) is 0. The van der Waals surface area contributed by atoms with Gasteiger partial charge in [0.1, 0.15) is 4.90 Å². The molecule has 0 saturated heterocycles. The van der Waals surface area contributed by atoms with Crippen molar-refractivity contribution >= 4 is 32.6 Å². The highest BCUT2D eigenvalue weighted by atomic mass is 32.2. The van der Waals surface area contributed by atoms with Gasteiger partial charge in [0, 0.05) is 21.8 Å². The first kappa shape index (κ1) is 15.4. The van der Waals surface area contributed by atoms with Crippen LogP contribution in [0.25, 0.3) is 11.1 Å². The van der Waals surface area contributed by atoms with E-state index in [2.05, 4.69) is 0 Å². The normalized spacial score (nSPS) is 13.0. The lowest BCUT2D eigenvalue weighted by Gasteiger charge is -2.16. The summed E-state index contributed by atoms with van der Waals surface area (Å²) in [6.45, 7) is 0. The Morgan fingerprint density at radius 3 is 2.10 bits per heavy atom. The van der Waals surface area contributed by atoms with Crippen LogP contribution in [0.3, 0.4) is 0 Å². The van der Waals surface area contributed by atoms with Crippen LogP contribution in [-0.4, -0.2) is 21.7 Å². The Morgan fingerprint density at radius 1 is 1.05 bits per heavy atom. The van der Waals surface area contributed by atoms with E-state index in [-0.39, 0.29) is 21.7 Å². The van der Waals surface area contributed by atoms with Crippen LogP contribution in [0, 0.1) is 0 Å². The molecule has 0 heterocycles. The number of anilines is 2. The number of hydrogen-bond donors (Lipinski definition) is 3. The zero-order chi connectivity index (χ0) is 15.8. The van der Waals surface area contributed by atoms with Gasteiger partial charge in [-0.2, -0.15) is 8.42 Å². The van der Waals surface area contributed by atoms with Crippen molar-refractivity contribution in [2.75, 3.05) is 11.5 Å². The first-order valence-electron chi connectivity index (χ1n) is 5.56. The quantitative estimate of drug-likeness (QED) is 0.433. The van der Waals surface area contributed by atoms with Crippen LogP contribution in [0.4, 0.5) is 11.4 Å². The van der Waals surface area contributed by atoms with Gasteiger partial charge < -0.3 is 16.0 Å². The molecule has 0 aliphatic heterocycles. The highest BCUT2D eigenvalue weighted by molar-refractivity contribution is 7.86. The minimum absolute atomic E-state index is 0.0963. The van der Waals surface area contributed by atoms with E-state index < -0.39 is 26.1 Å². The molecule has 0 saturated carbocycles. The van der Waals surface area contributed by atoms with Crippen LogP contribution in [0.15, 0.2) is 46.2 Å². The van der Waals surface area contributed by atoms with Gasteiger partial charge in [0.15, 0.2) is 0 Å². The van der Waals surface area contributed by atoms with E-state index in [0.29, 0.717) is 5.69 Å². The summed E-state index contributed by atoms with van der Waals surface area (Å²) < 4.78 is 55.0. The van der Waals surface area contributed by atoms with Gasteiger partial charge in [-0.25, -0.2) is 0 Å². The van der Waals surface area contributed by atoms with Crippen LogP contribution in [0.5, 0.6) is 0 Å². The third-order valence-corrected chi connectivity index (χ3v) is 4.30. The highest BCUT2D eigenvalue weighted by Crippen LogP contribution is 2.35. The van der Waals surface area contributed by atoms with Crippen molar-refractivity contribution in [1.82, 2.24) is 0 Å². The predicted octanol–water partition coefficient (Wildman–Crippen LogP) is 1.00. The molecule has 0 radical (unpaired) electrons. The van der Waals surface area contributed by atoms with Crippen molar-refractivity contribution in [3.8, 4) is 11.1 Å². The molecular weight excluding hydrogens is 316 g/mol. The minimum atomic E-state index is -4.65. The number of hydrogen-bond acceptors (Lipinski definition) is 6. The number of benzene rings is 2. The van der Waals surface area contributed by atoms with Crippen molar-refractivity contribution in [1.29, 1.82) is 0 Å². The van der Waals surface area contributed by atoms with Crippen molar-refractivity contribution in [3.05, 3.63) is 36.4 Å². The second-order valence-electron chi connectivity index (χ2n) is 4.22. The summed E-state index contributed by atoms with van der Waals surface area (Å²) in [4.78, 5) is -0.904. The van der Waals surface area contributed by atoms with Crippen LogP contribution < -0.4 is 11.5 Å². The summed E-state index contributed by atoms with van der Waals surface area (Å²) in [6.07, 6.45) is 0. The Labute approximate surface area is 123 Å².